The van der Waals surface area contributed by atoms with Gasteiger partial charge in [-0.25, -0.2) is 19.9 Å². The lowest BCUT2D eigenvalue weighted by Crippen LogP contribution is -2.05. The summed E-state index contributed by atoms with van der Waals surface area (Å²) in [5.41, 5.74) is 5.00. The molecule has 5 heteroatoms. The zero-order chi connectivity index (χ0) is 24.3. The van der Waals surface area contributed by atoms with Crippen molar-refractivity contribution in [1.82, 2.24) is 24.5 Å². The van der Waals surface area contributed by atoms with Crippen LogP contribution in [0, 0.1) is 0 Å². The van der Waals surface area contributed by atoms with Crippen LogP contribution in [0.4, 0.5) is 0 Å². The van der Waals surface area contributed by atoms with Gasteiger partial charge in [0.25, 0.3) is 0 Å². The van der Waals surface area contributed by atoms with Crippen molar-refractivity contribution in [2.24, 2.45) is 0 Å². The quantitative estimate of drug-likeness (QED) is 0.261. The lowest BCUT2D eigenvalue weighted by atomic mass is 10.0. The van der Waals surface area contributed by atoms with Gasteiger partial charge in [0.1, 0.15) is 5.69 Å². The van der Waals surface area contributed by atoms with Crippen molar-refractivity contribution in [3.8, 4) is 17.1 Å². The summed E-state index contributed by atoms with van der Waals surface area (Å²) in [5, 5.41) is 7.02. The number of fused-ring (bicyclic) bond motifs is 6. The van der Waals surface area contributed by atoms with Crippen molar-refractivity contribution < 1.29 is 0 Å². The summed E-state index contributed by atoms with van der Waals surface area (Å²) >= 11 is 0. The van der Waals surface area contributed by atoms with Crippen molar-refractivity contribution in [2.75, 3.05) is 0 Å². The molecule has 0 saturated carbocycles. The highest BCUT2D eigenvalue weighted by molar-refractivity contribution is 6.14. The lowest BCUT2D eigenvalue weighted by molar-refractivity contribution is 1.05. The van der Waals surface area contributed by atoms with E-state index in [0.717, 1.165) is 38.9 Å². The minimum absolute atomic E-state index is 0.521. The van der Waals surface area contributed by atoms with Crippen molar-refractivity contribution in [3.63, 3.8) is 0 Å². The molecule has 0 saturated heterocycles. The van der Waals surface area contributed by atoms with E-state index in [1.54, 1.807) is 12.4 Å². The van der Waals surface area contributed by atoms with Crippen LogP contribution in [0.2, 0.25) is 0 Å². The maximum atomic E-state index is 5.11. The first-order chi connectivity index (χ1) is 18.3. The van der Waals surface area contributed by atoms with Crippen molar-refractivity contribution in [2.45, 2.75) is 0 Å². The van der Waals surface area contributed by atoms with Crippen LogP contribution in [0.1, 0.15) is 0 Å². The Kier molecular flexibility index (Phi) is 4.16. The largest absolute Gasteiger partial charge is 0.292 e. The molecule has 37 heavy (non-hydrogen) atoms. The van der Waals surface area contributed by atoms with Gasteiger partial charge in [0, 0.05) is 28.7 Å². The molecule has 0 aliphatic rings. The first kappa shape index (κ1) is 20.1. The van der Waals surface area contributed by atoms with E-state index in [0.29, 0.717) is 11.3 Å². The van der Waals surface area contributed by atoms with E-state index < -0.39 is 0 Å². The van der Waals surface area contributed by atoms with Gasteiger partial charge in [-0.1, -0.05) is 84.9 Å². The van der Waals surface area contributed by atoms with Gasteiger partial charge in [0.05, 0.1) is 11.0 Å². The molecular weight excluding hydrogens is 454 g/mol. The fourth-order valence-electron chi connectivity index (χ4n) is 5.44. The van der Waals surface area contributed by atoms with E-state index in [-0.39, 0.29) is 0 Å². The monoisotopic (exact) mass is 473 g/mol. The van der Waals surface area contributed by atoms with Gasteiger partial charge >= 0.3 is 0 Å². The lowest BCUT2D eigenvalue weighted by Gasteiger charge is -2.14. The van der Waals surface area contributed by atoms with Gasteiger partial charge in [-0.15, -0.1) is 0 Å². The Morgan fingerprint density at radius 1 is 0.486 bits per heavy atom. The molecule has 0 spiro atoms. The van der Waals surface area contributed by atoms with Gasteiger partial charge in [0.15, 0.2) is 17.1 Å². The predicted octanol–water partition coefficient (Wildman–Crippen LogP) is 7.49. The van der Waals surface area contributed by atoms with Crippen molar-refractivity contribution >= 4 is 54.6 Å². The first-order valence-electron chi connectivity index (χ1n) is 12.2. The number of benzene rings is 5. The molecule has 0 aliphatic heterocycles. The zero-order valence-electron chi connectivity index (χ0n) is 19.7. The van der Waals surface area contributed by atoms with Crippen LogP contribution in [0.5, 0.6) is 0 Å². The molecule has 172 valence electrons. The number of rotatable bonds is 2. The molecule has 0 fully saturated rings. The maximum absolute atomic E-state index is 5.11. The molecule has 0 radical (unpaired) electrons. The Morgan fingerprint density at radius 2 is 1.14 bits per heavy atom. The normalized spacial score (nSPS) is 11.8. The SMILES string of the molecule is c1ccc2cc3c(cc2c1)c1ccccc1n3-c1nc2nccnc2nc1-c1cccc2ccccc12. The topological polar surface area (TPSA) is 56.5 Å². The predicted molar refractivity (Wildman–Crippen MR) is 150 cm³/mol. The second kappa shape index (κ2) is 7.67. The molecule has 3 heterocycles. The first-order valence-corrected chi connectivity index (χ1v) is 12.2. The van der Waals surface area contributed by atoms with E-state index in [2.05, 4.69) is 118 Å². The molecule has 0 N–H and O–H groups in total. The van der Waals surface area contributed by atoms with Crippen LogP contribution in [0.15, 0.2) is 116 Å². The summed E-state index contributed by atoms with van der Waals surface area (Å²) in [6.07, 6.45) is 3.33. The van der Waals surface area contributed by atoms with Gasteiger partial charge in [-0.3, -0.25) is 4.57 Å². The Hall–Kier alpha value is -5.16. The van der Waals surface area contributed by atoms with E-state index in [4.69, 9.17) is 9.97 Å². The third kappa shape index (κ3) is 2.98. The van der Waals surface area contributed by atoms with Gasteiger partial charge in [-0.2, -0.15) is 0 Å². The summed E-state index contributed by atoms with van der Waals surface area (Å²) in [6.45, 7) is 0. The molecule has 0 amide bonds. The molecule has 0 aliphatic carbocycles. The van der Waals surface area contributed by atoms with Crippen molar-refractivity contribution in [3.05, 3.63) is 116 Å². The van der Waals surface area contributed by atoms with Crippen LogP contribution in [0.3, 0.4) is 0 Å². The van der Waals surface area contributed by atoms with E-state index in [1.165, 1.54) is 21.5 Å². The van der Waals surface area contributed by atoms with Gasteiger partial charge in [0.2, 0.25) is 0 Å². The molecule has 0 atom stereocenters. The molecule has 8 rings (SSSR count). The average molecular weight is 474 g/mol. The van der Waals surface area contributed by atoms with Gasteiger partial charge in [-0.05, 0) is 39.7 Å². The molecule has 5 nitrogen and oxygen atoms in total. The third-order valence-electron chi connectivity index (χ3n) is 7.10. The van der Waals surface area contributed by atoms with Crippen LogP contribution >= 0.6 is 0 Å². The average Bonchev–Trinajstić information content (AvgIpc) is 3.28. The van der Waals surface area contributed by atoms with Crippen LogP contribution < -0.4 is 0 Å². The fraction of sp³-hybridized carbons (Fsp3) is 0. The van der Waals surface area contributed by atoms with E-state index in [1.807, 2.05) is 0 Å². The number of aromatic nitrogens is 5. The molecule has 3 aromatic heterocycles. The van der Waals surface area contributed by atoms with Crippen molar-refractivity contribution in [1.29, 1.82) is 0 Å². The zero-order valence-corrected chi connectivity index (χ0v) is 19.7. The second-order valence-electron chi connectivity index (χ2n) is 9.20. The fourth-order valence-corrected chi connectivity index (χ4v) is 5.44. The Morgan fingerprint density at radius 3 is 1.97 bits per heavy atom. The molecule has 5 aromatic carbocycles. The summed E-state index contributed by atoms with van der Waals surface area (Å²) in [6, 6.07) is 36.2. The van der Waals surface area contributed by atoms with E-state index >= 15 is 0 Å². The number of para-hydroxylation sites is 1. The number of hydrogen-bond donors (Lipinski definition) is 0. The third-order valence-corrected chi connectivity index (χ3v) is 7.10. The number of nitrogens with zero attached hydrogens (tertiary/aromatic N) is 5. The molecular formula is C32H19N5. The molecule has 8 aromatic rings. The minimum atomic E-state index is 0.521. The van der Waals surface area contributed by atoms with Crippen LogP contribution in [-0.2, 0) is 0 Å². The van der Waals surface area contributed by atoms with Gasteiger partial charge < -0.3 is 0 Å². The minimum Gasteiger partial charge on any atom is -0.292 e. The second-order valence-corrected chi connectivity index (χ2v) is 9.20. The molecule has 0 bridgehead atoms. The summed E-state index contributed by atoms with van der Waals surface area (Å²) < 4.78 is 2.23. The highest BCUT2D eigenvalue weighted by Gasteiger charge is 2.21. The molecule has 0 unspecified atom stereocenters. The Bertz CT molecular complexity index is 2150. The van der Waals surface area contributed by atoms with E-state index in [9.17, 15) is 0 Å². The van der Waals surface area contributed by atoms with Crippen LogP contribution in [0.25, 0.3) is 71.7 Å². The Balaban J connectivity index is 1.57. The number of hydrogen-bond acceptors (Lipinski definition) is 4. The van der Waals surface area contributed by atoms with Crippen LogP contribution in [-0.4, -0.2) is 24.5 Å². The summed E-state index contributed by atoms with van der Waals surface area (Å²) in [7, 11) is 0. The summed E-state index contributed by atoms with van der Waals surface area (Å²) in [4.78, 5) is 19.2. The smallest absolute Gasteiger partial charge is 0.199 e. The highest BCUT2D eigenvalue weighted by atomic mass is 15.1. The highest BCUT2D eigenvalue weighted by Crippen LogP contribution is 2.38. The Labute approximate surface area is 211 Å². The standard InChI is InChI=1S/C32H19N5/c1-2-10-22-19-28-26(18-21(22)9-1)24-13-5-6-15-27(24)37(28)32-29(35-30-31(36-32)34-17-16-33-30)25-14-7-11-20-8-3-4-12-23(20)25/h1-19H. The maximum Gasteiger partial charge on any atom is 0.199 e. The summed E-state index contributed by atoms with van der Waals surface area (Å²) in [5.74, 6) is 0.742.